The van der Waals surface area contributed by atoms with Gasteiger partial charge in [0.25, 0.3) is 0 Å². The van der Waals surface area contributed by atoms with Crippen LogP contribution in [0.25, 0.3) is 27.8 Å². The minimum Gasteiger partial charge on any atom is -0.305 e. The molecule has 0 N–H and O–H groups in total. The monoisotopic (exact) mass is 385 g/mol. The largest absolute Gasteiger partial charge is 0.305 e. The average molecular weight is 386 g/mol. The molecule has 0 unspecified atom stereocenters. The third kappa shape index (κ3) is 3.77. The van der Waals surface area contributed by atoms with Crippen molar-refractivity contribution in [2.45, 2.75) is 48.1 Å². The van der Waals surface area contributed by atoms with Gasteiger partial charge in [-0.15, -0.1) is 0 Å². The van der Waals surface area contributed by atoms with E-state index in [1.54, 1.807) is 0 Å². The van der Waals surface area contributed by atoms with Gasteiger partial charge >= 0.3 is 0 Å². The Labute approximate surface area is 173 Å². The third-order valence-electron chi connectivity index (χ3n) is 4.82. The smallest absolute Gasteiger partial charge is 0.216 e. The van der Waals surface area contributed by atoms with Crippen LogP contribution in [0.3, 0.4) is 0 Å². The Hall–Kier alpha value is -3.07. The van der Waals surface area contributed by atoms with Crippen LogP contribution in [0.15, 0.2) is 66.7 Å². The number of hydrogen-bond acceptors (Lipinski definition) is 1. The van der Waals surface area contributed by atoms with Crippen LogP contribution < -0.4 is 0 Å². The second kappa shape index (κ2) is 8.95. The van der Waals surface area contributed by atoms with Gasteiger partial charge in [-0.05, 0) is 43.7 Å². The first kappa shape index (κ1) is 20.7. The number of aryl methyl sites for hydroxylation is 2. The molecule has 3 nitrogen and oxygen atoms in total. The van der Waals surface area contributed by atoms with E-state index in [0.717, 1.165) is 23.4 Å². The fourth-order valence-corrected chi connectivity index (χ4v) is 3.92. The fourth-order valence-electron chi connectivity index (χ4n) is 3.92. The molecule has 29 heavy (non-hydrogen) atoms. The lowest BCUT2D eigenvalue weighted by Crippen LogP contribution is -2.01. The summed E-state index contributed by atoms with van der Waals surface area (Å²) in [5.74, 6) is 1.00. The summed E-state index contributed by atoms with van der Waals surface area (Å²) in [6.07, 6.45) is 0. The van der Waals surface area contributed by atoms with E-state index in [0.29, 0.717) is 0 Å². The molecule has 0 spiro atoms. The van der Waals surface area contributed by atoms with Gasteiger partial charge in [-0.2, -0.15) is 0 Å². The number of aromatic nitrogens is 3. The Bertz CT molecular complexity index is 1220. The molecule has 5 aromatic rings. The summed E-state index contributed by atoms with van der Waals surface area (Å²) >= 11 is 0. The minimum absolute atomic E-state index is 0.822. The molecule has 0 atom stereocenters. The van der Waals surface area contributed by atoms with Crippen molar-refractivity contribution in [1.82, 2.24) is 14.0 Å². The zero-order valence-electron chi connectivity index (χ0n) is 18.4. The minimum atomic E-state index is 0.822. The lowest BCUT2D eigenvalue weighted by Gasteiger charge is -2.08. The van der Waals surface area contributed by atoms with Crippen LogP contribution in [0.2, 0.25) is 0 Å². The van der Waals surface area contributed by atoms with E-state index in [-0.39, 0.29) is 0 Å². The summed E-state index contributed by atoms with van der Waals surface area (Å²) < 4.78 is 4.59. The number of benzene rings is 3. The van der Waals surface area contributed by atoms with Gasteiger partial charge in [-0.3, -0.25) is 4.40 Å². The molecule has 0 fully saturated rings. The number of hydrogen-bond donors (Lipinski definition) is 0. The van der Waals surface area contributed by atoms with E-state index in [9.17, 15) is 0 Å². The molecule has 0 radical (unpaired) electrons. The molecule has 0 aliphatic carbocycles. The first-order chi connectivity index (χ1) is 14.2. The SMILES string of the molecule is CC.CC.Cc1cc(C)cc(Cn2c3ccccc3n3c4ccccc4nc23)c1. The fraction of sp³-hybridized carbons (Fsp3) is 0.269. The van der Waals surface area contributed by atoms with Crippen molar-refractivity contribution in [3.63, 3.8) is 0 Å². The highest BCUT2D eigenvalue weighted by Gasteiger charge is 2.15. The Balaban J connectivity index is 0.000000568. The van der Waals surface area contributed by atoms with Crippen molar-refractivity contribution in [1.29, 1.82) is 0 Å². The van der Waals surface area contributed by atoms with Crippen LogP contribution in [0, 0.1) is 13.8 Å². The zero-order valence-corrected chi connectivity index (χ0v) is 18.4. The van der Waals surface area contributed by atoms with Crippen LogP contribution in [-0.2, 0) is 6.54 Å². The predicted molar refractivity (Wildman–Crippen MR) is 126 cm³/mol. The molecule has 2 aromatic heterocycles. The van der Waals surface area contributed by atoms with Crippen molar-refractivity contribution >= 4 is 27.8 Å². The Morgan fingerprint density at radius 1 is 0.690 bits per heavy atom. The maximum Gasteiger partial charge on any atom is 0.216 e. The normalized spacial score (nSPS) is 10.6. The van der Waals surface area contributed by atoms with Crippen molar-refractivity contribution in [3.8, 4) is 0 Å². The van der Waals surface area contributed by atoms with Gasteiger partial charge in [0.05, 0.1) is 28.6 Å². The average Bonchev–Trinajstić information content (AvgIpc) is 3.26. The van der Waals surface area contributed by atoms with E-state index in [4.69, 9.17) is 4.98 Å². The number of fused-ring (bicyclic) bond motifs is 5. The standard InChI is InChI=1S/C22H19N3.2C2H6/c1-15-11-16(2)13-17(12-15)14-24-20-9-5-6-10-21(20)25-19-8-4-3-7-18(19)23-22(24)25;2*1-2/h3-13H,14H2,1-2H3;2*1-2H3. The lowest BCUT2D eigenvalue weighted by molar-refractivity contribution is 0.845. The van der Waals surface area contributed by atoms with E-state index >= 15 is 0 Å². The van der Waals surface area contributed by atoms with Gasteiger partial charge in [-0.25, -0.2) is 4.98 Å². The van der Waals surface area contributed by atoms with E-state index in [1.165, 1.54) is 27.7 Å². The van der Waals surface area contributed by atoms with Gasteiger partial charge in [0.2, 0.25) is 5.78 Å². The summed E-state index contributed by atoms with van der Waals surface area (Å²) in [6.45, 7) is 13.1. The van der Waals surface area contributed by atoms with E-state index in [1.807, 2.05) is 33.8 Å². The molecule has 3 aromatic carbocycles. The Kier molecular flexibility index (Phi) is 6.38. The van der Waals surface area contributed by atoms with Crippen molar-refractivity contribution in [2.75, 3.05) is 0 Å². The molecule has 0 aliphatic heterocycles. The van der Waals surface area contributed by atoms with Crippen LogP contribution in [0.1, 0.15) is 44.4 Å². The molecule has 5 rings (SSSR count). The summed E-state index contributed by atoms with van der Waals surface area (Å²) in [7, 11) is 0. The van der Waals surface area contributed by atoms with Gasteiger partial charge in [0.15, 0.2) is 0 Å². The molecule has 0 saturated carbocycles. The highest BCUT2D eigenvalue weighted by Crippen LogP contribution is 2.27. The molecule has 2 heterocycles. The van der Waals surface area contributed by atoms with Crippen molar-refractivity contribution in [3.05, 3.63) is 83.4 Å². The van der Waals surface area contributed by atoms with Crippen molar-refractivity contribution in [2.24, 2.45) is 0 Å². The van der Waals surface area contributed by atoms with Crippen molar-refractivity contribution < 1.29 is 0 Å². The summed E-state index contributed by atoms with van der Waals surface area (Å²) in [5.41, 5.74) is 8.54. The number of para-hydroxylation sites is 4. The third-order valence-corrected chi connectivity index (χ3v) is 4.82. The van der Waals surface area contributed by atoms with E-state index in [2.05, 4.69) is 83.5 Å². The highest BCUT2D eigenvalue weighted by molar-refractivity contribution is 5.90. The van der Waals surface area contributed by atoms with Crippen LogP contribution >= 0.6 is 0 Å². The maximum absolute atomic E-state index is 4.92. The Morgan fingerprint density at radius 2 is 1.24 bits per heavy atom. The number of nitrogens with zero attached hydrogens (tertiary/aromatic N) is 3. The lowest BCUT2D eigenvalue weighted by atomic mass is 10.1. The van der Waals surface area contributed by atoms with Crippen LogP contribution in [0.5, 0.6) is 0 Å². The summed E-state index contributed by atoms with van der Waals surface area (Å²) in [6, 6.07) is 23.6. The zero-order chi connectivity index (χ0) is 21.0. The summed E-state index contributed by atoms with van der Waals surface area (Å²) in [5, 5.41) is 0. The first-order valence-electron chi connectivity index (χ1n) is 10.6. The molecule has 3 heteroatoms. The highest BCUT2D eigenvalue weighted by atomic mass is 15.2. The second-order valence-corrected chi connectivity index (χ2v) is 6.81. The second-order valence-electron chi connectivity index (χ2n) is 6.81. The number of rotatable bonds is 2. The molecule has 0 saturated heterocycles. The molecule has 150 valence electrons. The maximum atomic E-state index is 4.92. The molecule has 0 aliphatic rings. The number of imidazole rings is 2. The van der Waals surface area contributed by atoms with Gasteiger partial charge in [0.1, 0.15) is 0 Å². The van der Waals surface area contributed by atoms with Crippen LogP contribution in [-0.4, -0.2) is 14.0 Å². The Morgan fingerprint density at radius 3 is 1.90 bits per heavy atom. The van der Waals surface area contributed by atoms with Gasteiger partial charge in [-0.1, -0.05) is 81.3 Å². The van der Waals surface area contributed by atoms with Crippen LogP contribution in [0.4, 0.5) is 0 Å². The molecule has 0 amide bonds. The topological polar surface area (TPSA) is 22.2 Å². The van der Waals surface area contributed by atoms with Gasteiger partial charge < -0.3 is 4.57 Å². The first-order valence-corrected chi connectivity index (χ1v) is 10.6. The quantitative estimate of drug-likeness (QED) is 0.316. The molecule has 0 bridgehead atoms. The van der Waals surface area contributed by atoms with E-state index < -0.39 is 0 Å². The van der Waals surface area contributed by atoms with Gasteiger partial charge in [0, 0.05) is 0 Å². The molecular formula is C26H31N3. The molecular weight excluding hydrogens is 354 g/mol. The predicted octanol–water partition coefficient (Wildman–Crippen LogP) is 7.16. The summed E-state index contributed by atoms with van der Waals surface area (Å²) in [4.78, 5) is 4.92.